The second-order valence-electron chi connectivity index (χ2n) is 12.9. The van der Waals surface area contributed by atoms with Crippen LogP contribution < -0.4 is 0 Å². The summed E-state index contributed by atoms with van der Waals surface area (Å²) in [5.74, 6) is -2.32. The molecule has 0 aromatic carbocycles. The van der Waals surface area contributed by atoms with E-state index >= 15 is 0 Å². The number of allylic oxidation sites excluding steroid dienone is 1. The standard InChI is InChI=1S/C31H51NO9/c1-9-25-20(5)29-31(6,41-29)12-10-23(34)17(2)14-21(11-13-33)28(19(4)24(35)16-26(36)39-25)40-30-27(37)22(32(7)8)15-18(3)38-30/h10,12-13,17-22,24-25,27-30,35,37H,9,11,14-16H2,1-8H3/t17-,18?,19+,20-,21+,22?,24-,25-,27?,28-,29+,30?,31+/m1/s1. The number of aliphatic hydroxyl groups is 2. The van der Waals surface area contributed by atoms with Crippen LogP contribution in [0.2, 0.25) is 0 Å². The first-order valence-corrected chi connectivity index (χ1v) is 15.1. The fourth-order valence-corrected chi connectivity index (χ4v) is 6.50. The first kappa shape index (κ1) is 33.8. The molecule has 3 heterocycles. The topological polar surface area (TPSA) is 135 Å². The van der Waals surface area contributed by atoms with Crippen LogP contribution in [0.4, 0.5) is 0 Å². The number of ether oxygens (including phenoxy) is 4. The van der Waals surface area contributed by atoms with Gasteiger partial charge in [0.2, 0.25) is 0 Å². The smallest absolute Gasteiger partial charge is 0.308 e. The molecule has 0 amide bonds. The van der Waals surface area contributed by atoms with Crippen LogP contribution in [-0.4, -0.2) is 102 Å². The molecule has 0 aromatic heterocycles. The monoisotopic (exact) mass is 581 g/mol. The minimum atomic E-state index is -1.15. The Balaban J connectivity index is 1.95. The van der Waals surface area contributed by atoms with Gasteiger partial charge in [0.1, 0.15) is 24.1 Å². The van der Waals surface area contributed by atoms with Crippen LogP contribution in [0.3, 0.4) is 0 Å². The lowest BCUT2D eigenvalue weighted by Gasteiger charge is -2.44. The summed E-state index contributed by atoms with van der Waals surface area (Å²) in [7, 11) is 3.76. The van der Waals surface area contributed by atoms with Gasteiger partial charge >= 0.3 is 5.97 Å². The maximum Gasteiger partial charge on any atom is 0.308 e. The number of epoxide rings is 1. The van der Waals surface area contributed by atoms with Crippen molar-refractivity contribution in [1.82, 2.24) is 4.90 Å². The van der Waals surface area contributed by atoms with Crippen LogP contribution in [0, 0.1) is 23.7 Å². The lowest BCUT2D eigenvalue weighted by molar-refractivity contribution is -0.283. The summed E-state index contributed by atoms with van der Waals surface area (Å²) in [6.07, 6.45) is 0.627. The van der Waals surface area contributed by atoms with E-state index in [1.807, 2.05) is 53.6 Å². The van der Waals surface area contributed by atoms with Gasteiger partial charge in [-0.1, -0.05) is 27.7 Å². The van der Waals surface area contributed by atoms with Gasteiger partial charge in [0.15, 0.2) is 12.1 Å². The molecule has 0 bridgehead atoms. The van der Waals surface area contributed by atoms with Crippen molar-refractivity contribution < 1.29 is 43.5 Å². The molecule has 2 saturated heterocycles. The maximum absolute atomic E-state index is 13.2. The number of ketones is 1. The van der Waals surface area contributed by atoms with Crippen LogP contribution in [0.5, 0.6) is 0 Å². The van der Waals surface area contributed by atoms with Gasteiger partial charge in [0.05, 0.1) is 30.8 Å². The van der Waals surface area contributed by atoms with Crippen molar-refractivity contribution in [3.05, 3.63) is 12.2 Å². The van der Waals surface area contributed by atoms with Gasteiger partial charge in [-0.25, -0.2) is 0 Å². The second-order valence-corrected chi connectivity index (χ2v) is 12.9. The number of aldehydes is 1. The number of hydrogen-bond acceptors (Lipinski definition) is 10. The Morgan fingerprint density at radius 2 is 1.80 bits per heavy atom. The third kappa shape index (κ3) is 8.24. The minimum Gasteiger partial charge on any atom is -0.462 e. The molecule has 2 N–H and O–H groups in total. The summed E-state index contributed by atoms with van der Waals surface area (Å²) in [6, 6.07) is -0.219. The average Bonchev–Trinajstić information content (AvgIpc) is 3.60. The van der Waals surface area contributed by atoms with Crippen molar-refractivity contribution in [2.45, 2.75) is 128 Å². The van der Waals surface area contributed by atoms with Crippen LogP contribution >= 0.6 is 0 Å². The highest BCUT2D eigenvalue weighted by atomic mass is 16.7. The highest BCUT2D eigenvalue weighted by Crippen LogP contribution is 2.45. The number of carbonyl (C=O) groups is 3. The zero-order valence-corrected chi connectivity index (χ0v) is 25.9. The van der Waals surface area contributed by atoms with Crippen molar-refractivity contribution in [3.8, 4) is 0 Å². The highest BCUT2D eigenvalue weighted by Gasteiger charge is 2.55. The predicted molar refractivity (Wildman–Crippen MR) is 152 cm³/mol. The van der Waals surface area contributed by atoms with Gasteiger partial charge in [-0.15, -0.1) is 0 Å². The number of carbonyl (C=O) groups excluding carboxylic acids is 3. The van der Waals surface area contributed by atoms with E-state index in [4.69, 9.17) is 18.9 Å². The number of aliphatic hydroxyl groups excluding tert-OH is 2. The molecular weight excluding hydrogens is 530 g/mol. The SMILES string of the molecule is CC[C@H]1OC(=O)C[C@@H](O)[C@H](C)[C@@H](OC2OC(C)CC(N(C)C)C2O)[C@@H](CC=O)C[C@@H](C)C(=O)C=C[C@]2(C)O[C@H]2[C@@H]1C. The number of likely N-dealkylation sites (N-methyl/N-ethyl adjacent to an activating group) is 1. The Hall–Kier alpha value is -1.69. The third-order valence-electron chi connectivity index (χ3n) is 9.29. The highest BCUT2D eigenvalue weighted by molar-refractivity contribution is 5.91. The van der Waals surface area contributed by atoms with Crippen molar-refractivity contribution in [2.75, 3.05) is 14.1 Å². The molecule has 0 saturated carbocycles. The summed E-state index contributed by atoms with van der Waals surface area (Å²) >= 11 is 0. The van der Waals surface area contributed by atoms with Crippen molar-refractivity contribution in [3.63, 3.8) is 0 Å². The number of fused-ring (bicyclic) bond motifs is 1. The van der Waals surface area contributed by atoms with Gasteiger partial charge in [-0.2, -0.15) is 0 Å². The Bertz CT molecular complexity index is 941. The van der Waals surface area contributed by atoms with Crippen LogP contribution in [0.15, 0.2) is 12.2 Å². The van der Waals surface area contributed by atoms with E-state index in [1.165, 1.54) is 0 Å². The number of cyclic esters (lactones) is 1. The Morgan fingerprint density at radius 3 is 2.41 bits per heavy atom. The Morgan fingerprint density at radius 1 is 1.12 bits per heavy atom. The number of hydrogen-bond donors (Lipinski definition) is 2. The first-order valence-electron chi connectivity index (χ1n) is 15.1. The first-order chi connectivity index (χ1) is 19.2. The Kier molecular flexibility index (Phi) is 11.7. The molecule has 13 atom stereocenters. The van der Waals surface area contributed by atoms with E-state index in [-0.39, 0.29) is 42.8 Å². The lowest BCUT2D eigenvalue weighted by atomic mass is 9.79. The molecule has 3 aliphatic heterocycles. The van der Waals surface area contributed by atoms with Gasteiger partial charge in [0.25, 0.3) is 0 Å². The van der Waals surface area contributed by atoms with E-state index in [2.05, 4.69) is 0 Å². The number of esters is 1. The summed E-state index contributed by atoms with van der Waals surface area (Å²) in [6.45, 7) is 11.3. The number of rotatable bonds is 6. The fourth-order valence-electron chi connectivity index (χ4n) is 6.50. The molecule has 0 radical (unpaired) electrons. The van der Waals surface area contributed by atoms with E-state index in [1.54, 1.807) is 19.1 Å². The van der Waals surface area contributed by atoms with E-state index in [0.717, 1.165) is 6.29 Å². The second kappa shape index (κ2) is 14.2. The fraction of sp³-hybridized carbons (Fsp3) is 0.839. The maximum atomic E-state index is 13.2. The summed E-state index contributed by atoms with van der Waals surface area (Å²) < 4.78 is 24.2. The molecule has 2 fully saturated rings. The molecule has 3 rings (SSSR count). The lowest BCUT2D eigenvalue weighted by Crippen LogP contribution is -2.56. The van der Waals surface area contributed by atoms with E-state index < -0.39 is 60.0 Å². The largest absolute Gasteiger partial charge is 0.462 e. The van der Waals surface area contributed by atoms with Gasteiger partial charge in [-0.05, 0) is 65.3 Å². The molecule has 0 aromatic rings. The van der Waals surface area contributed by atoms with Crippen LogP contribution in [0.25, 0.3) is 0 Å². The molecule has 10 heteroatoms. The normalized spacial score (nSPS) is 44.8. The van der Waals surface area contributed by atoms with Crippen molar-refractivity contribution >= 4 is 18.0 Å². The molecular formula is C31H51NO9. The molecule has 0 spiro atoms. The molecule has 4 unspecified atom stereocenters. The van der Waals surface area contributed by atoms with Gasteiger partial charge in [0, 0.05) is 30.2 Å². The average molecular weight is 582 g/mol. The van der Waals surface area contributed by atoms with Crippen molar-refractivity contribution in [1.29, 1.82) is 0 Å². The van der Waals surface area contributed by atoms with Gasteiger partial charge < -0.3 is 38.9 Å². The molecule has 41 heavy (non-hydrogen) atoms. The quantitative estimate of drug-likeness (QED) is 0.274. The van der Waals surface area contributed by atoms with Crippen LogP contribution in [0.1, 0.15) is 73.6 Å². The third-order valence-corrected chi connectivity index (χ3v) is 9.29. The molecule has 0 aliphatic carbocycles. The van der Waals surface area contributed by atoms with Crippen LogP contribution in [-0.2, 0) is 33.3 Å². The van der Waals surface area contributed by atoms with Crippen molar-refractivity contribution in [2.24, 2.45) is 23.7 Å². The zero-order chi connectivity index (χ0) is 30.6. The Labute approximate surface area is 244 Å². The zero-order valence-electron chi connectivity index (χ0n) is 25.9. The predicted octanol–water partition coefficient (Wildman–Crippen LogP) is 2.67. The van der Waals surface area contributed by atoms with E-state index in [0.29, 0.717) is 19.3 Å². The number of nitrogens with zero attached hydrogens (tertiary/aromatic N) is 1. The minimum absolute atomic E-state index is 0.0707. The molecule has 234 valence electrons. The van der Waals surface area contributed by atoms with E-state index in [9.17, 15) is 24.6 Å². The summed E-state index contributed by atoms with van der Waals surface area (Å²) in [4.78, 5) is 40.0. The molecule has 3 aliphatic rings. The summed E-state index contributed by atoms with van der Waals surface area (Å²) in [5, 5.41) is 22.4. The van der Waals surface area contributed by atoms with Gasteiger partial charge in [-0.3, -0.25) is 9.59 Å². The molecule has 10 nitrogen and oxygen atoms in total. The summed E-state index contributed by atoms with van der Waals surface area (Å²) in [5.41, 5.74) is -0.637.